The fourth-order valence-electron chi connectivity index (χ4n) is 3.86. The van der Waals surface area contributed by atoms with Crippen molar-refractivity contribution in [1.29, 1.82) is 0 Å². The summed E-state index contributed by atoms with van der Waals surface area (Å²) in [7, 11) is 0. The molecule has 0 aliphatic rings. The fourth-order valence-corrected chi connectivity index (χ4v) is 3.86. The number of hydrogen-bond acceptors (Lipinski definition) is 5. The molecule has 0 saturated carbocycles. The quantitative estimate of drug-likeness (QED) is 0.184. The van der Waals surface area contributed by atoms with Crippen LogP contribution in [-0.2, 0) is 11.4 Å². The molecule has 0 unspecified atom stereocenters. The molecule has 0 fully saturated rings. The van der Waals surface area contributed by atoms with Crippen molar-refractivity contribution in [3.63, 3.8) is 0 Å². The average molecular weight is 517 g/mol. The van der Waals surface area contributed by atoms with Crippen LogP contribution in [0.1, 0.15) is 16.7 Å². The third kappa shape index (κ3) is 6.99. The van der Waals surface area contributed by atoms with Crippen LogP contribution in [0.15, 0.2) is 120 Å². The van der Waals surface area contributed by atoms with E-state index >= 15 is 0 Å². The summed E-state index contributed by atoms with van der Waals surface area (Å²) in [5, 5.41) is 8.96. The second-order valence-electron chi connectivity index (χ2n) is 8.91. The number of aryl methyl sites for hydroxylation is 1. The highest BCUT2D eigenvalue weighted by molar-refractivity contribution is 5.89. The van der Waals surface area contributed by atoms with Crippen molar-refractivity contribution in [1.82, 2.24) is 15.2 Å². The molecule has 1 N–H and O–H groups in total. The monoisotopic (exact) mass is 516 g/mol. The van der Waals surface area contributed by atoms with E-state index in [2.05, 4.69) is 10.5 Å². The first-order valence-corrected chi connectivity index (χ1v) is 12.6. The zero-order valence-corrected chi connectivity index (χ0v) is 21.5. The maximum atomic E-state index is 12.3. The molecule has 7 nitrogen and oxygen atoms in total. The lowest BCUT2D eigenvalue weighted by Gasteiger charge is -2.07. The number of carbonyl (C=O) groups excluding carboxylic acids is 1. The van der Waals surface area contributed by atoms with Gasteiger partial charge in [-0.1, -0.05) is 66.2 Å². The molecular formula is C32H28N4O3. The molecular weight excluding hydrogens is 488 g/mol. The highest BCUT2D eigenvalue weighted by Crippen LogP contribution is 2.25. The summed E-state index contributed by atoms with van der Waals surface area (Å²) in [5.74, 6) is 1.03. The maximum Gasteiger partial charge on any atom is 0.277 e. The molecule has 4 aromatic carbocycles. The van der Waals surface area contributed by atoms with E-state index in [1.54, 1.807) is 10.9 Å². The number of hydrazone groups is 1. The minimum Gasteiger partial charge on any atom is -0.489 e. The number of nitrogens with one attached hydrogen (secondary N) is 1. The van der Waals surface area contributed by atoms with E-state index in [0.29, 0.717) is 12.4 Å². The number of aromatic nitrogens is 2. The fraction of sp³-hybridized carbons (Fsp3) is 0.0938. The first-order valence-electron chi connectivity index (χ1n) is 12.6. The molecule has 1 amide bonds. The lowest BCUT2D eigenvalue weighted by Crippen LogP contribution is -2.24. The van der Waals surface area contributed by atoms with Crippen molar-refractivity contribution in [2.45, 2.75) is 13.5 Å². The predicted molar refractivity (Wildman–Crippen MR) is 152 cm³/mol. The Morgan fingerprint density at radius 2 is 1.49 bits per heavy atom. The van der Waals surface area contributed by atoms with Crippen LogP contribution in [-0.4, -0.2) is 28.5 Å². The van der Waals surface area contributed by atoms with E-state index < -0.39 is 0 Å². The van der Waals surface area contributed by atoms with Gasteiger partial charge in [0.25, 0.3) is 5.91 Å². The Hall–Kier alpha value is -5.17. The van der Waals surface area contributed by atoms with Crippen LogP contribution in [0.4, 0.5) is 0 Å². The largest absolute Gasteiger partial charge is 0.489 e. The van der Waals surface area contributed by atoms with Gasteiger partial charge in [0.15, 0.2) is 6.61 Å². The van der Waals surface area contributed by atoms with Crippen LogP contribution in [0.25, 0.3) is 16.9 Å². The van der Waals surface area contributed by atoms with E-state index in [1.807, 2.05) is 122 Å². The standard InChI is InChI=1S/C32H28N4O3/c1-24-12-16-29(17-13-24)39-23-31(37)34-33-20-27-21-36(28-10-6-3-7-11-28)35-32(27)26-14-18-30(19-15-26)38-22-25-8-4-2-5-9-25/h2-21H,22-23H2,1H3,(H,34,37)/b33-20+. The Morgan fingerprint density at radius 3 is 2.21 bits per heavy atom. The minimum atomic E-state index is -0.358. The lowest BCUT2D eigenvalue weighted by molar-refractivity contribution is -0.123. The number of benzene rings is 4. The van der Waals surface area contributed by atoms with Gasteiger partial charge in [-0.2, -0.15) is 10.2 Å². The van der Waals surface area contributed by atoms with Gasteiger partial charge in [0.1, 0.15) is 23.8 Å². The predicted octanol–water partition coefficient (Wildman–Crippen LogP) is 5.96. The summed E-state index contributed by atoms with van der Waals surface area (Å²) in [4.78, 5) is 12.3. The molecule has 1 heterocycles. The Kier molecular flexibility index (Phi) is 8.09. The first-order chi connectivity index (χ1) is 19.1. The van der Waals surface area contributed by atoms with Gasteiger partial charge in [-0.15, -0.1) is 0 Å². The third-order valence-corrected chi connectivity index (χ3v) is 5.92. The van der Waals surface area contributed by atoms with E-state index in [9.17, 15) is 4.79 Å². The summed E-state index contributed by atoms with van der Waals surface area (Å²) in [6.07, 6.45) is 3.47. The van der Waals surface area contributed by atoms with Crippen LogP contribution in [0, 0.1) is 6.92 Å². The zero-order valence-electron chi connectivity index (χ0n) is 21.5. The summed E-state index contributed by atoms with van der Waals surface area (Å²) in [6.45, 7) is 2.35. The van der Waals surface area contributed by atoms with Crippen LogP contribution in [0.3, 0.4) is 0 Å². The third-order valence-electron chi connectivity index (χ3n) is 5.92. The Labute approximate surface area is 227 Å². The highest BCUT2D eigenvalue weighted by Gasteiger charge is 2.12. The topological polar surface area (TPSA) is 77.7 Å². The minimum absolute atomic E-state index is 0.138. The number of para-hydroxylation sites is 1. The molecule has 0 radical (unpaired) electrons. The summed E-state index contributed by atoms with van der Waals surface area (Å²) >= 11 is 0. The van der Waals surface area contributed by atoms with E-state index in [1.165, 1.54) is 0 Å². The van der Waals surface area contributed by atoms with Crippen molar-refractivity contribution >= 4 is 12.1 Å². The van der Waals surface area contributed by atoms with Crippen LogP contribution in [0.2, 0.25) is 0 Å². The van der Waals surface area contributed by atoms with Gasteiger partial charge in [-0.05, 0) is 61.0 Å². The normalized spacial score (nSPS) is 10.9. The number of ether oxygens (including phenoxy) is 2. The van der Waals surface area contributed by atoms with E-state index in [0.717, 1.165) is 39.4 Å². The number of rotatable bonds is 10. The van der Waals surface area contributed by atoms with Crippen molar-refractivity contribution in [3.8, 4) is 28.4 Å². The summed E-state index contributed by atoms with van der Waals surface area (Å²) in [5.41, 5.74) is 8.04. The van der Waals surface area contributed by atoms with Gasteiger partial charge in [-0.3, -0.25) is 4.79 Å². The Balaban J connectivity index is 1.29. The molecule has 39 heavy (non-hydrogen) atoms. The van der Waals surface area contributed by atoms with Gasteiger partial charge in [0.05, 0.1) is 11.9 Å². The molecule has 0 spiro atoms. The number of carbonyl (C=O) groups is 1. The van der Waals surface area contributed by atoms with E-state index in [-0.39, 0.29) is 12.5 Å². The molecule has 7 heteroatoms. The van der Waals surface area contributed by atoms with Gasteiger partial charge in [0, 0.05) is 17.3 Å². The SMILES string of the molecule is Cc1ccc(OCC(=O)N/N=C/c2cn(-c3ccccc3)nc2-c2ccc(OCc3ccccc3)cc2)cc1. The van der Waals surface area contributed by atoms with Gasteiger partial charge in [0.2, 0.25) is 0 Å². The van der Waals surface area contributed by atoms with Crippen molar-refractivity contribution in [2.75, 3.05) is 6.61 Å². The van der Waals surface area contributed by atoms with Crippen molar-refractivity contribution in [2.24, 2.45) is 5.10 Å². The smallest absolute Gasteiger partial charge is 0.277 e. The average Bonchev–Trinajstić information content (AvgIpc) is 3.41. The second kappa shape index (κ2) is 12.4. The molecule has 0 bridgehead atoms. The van der Waals surface area contributed by atoms with Crippen LogP contribution >= 0.6 is 0 Å². The molecule has 194 valence electrons. The molecule has 0 saturated heterocycles. The van der Waals surface area contributed by atoms with E-state index in [4.69, 9.17) is 14.6 Å². The number of hydrogen-bond donors (Lipinski definition) is 1. The highest BCUT2D eigenvalue weighted by atomic mass is 16.5. The second-order valence-corrected chi connectivity index (χ2v) is 8.91. The summed E-state index contributed by atoms with van der Waals surface area (Å²) in [6, 6.07) is 35.1. The molecule has 0 aliphatic carbocycles. The van der Waals surface area contributed by atoms with Crippen LogP contribution in [0.5, 0.6) is 11.5 Å². The van der Waals surface area contributed by atoms with Gasteiger partial charge < -0.3 is 9.47 Å². The lowest BCUT2D eigenvalue weighted by atomic mass is 10.1. The molecule has 0 atom stereocenters. The molecule has 5 rings (SSSR count). The maximum absolute atomic E-state index is 12.3. The number of amides is 1. The Morgan fingerprint density at radius 1 is 0.846 bits per heavy atom. The molecule has 0 aliphatic heterocycles. The molecule has 5 aromatic rings. The zero-order chi connectivity index (χ0) is 26.9. The van der Waals surface area contributed by atoms with Gasteiger partial charge >= 0.3 is 0 Å². The van der Waals surface area contributed by atoms with Crippen LogP contribution < -0.4 is 14.9 Å². The number of nitrogens with zero attached hydrogens (tertiary/aromatic N) is 3. The summed E-state index contributed by atoms with van der Waals surface area (Å²) < 4.78 is 13.2. The Bertz CT molecular complexity index is 1530. The molecule has 1 aromatic heterocycles. The van der Waals surface area contributed by atoms with Crippen molar-refractivity contribution < 1.29 is 14.3 Å². The van der Waals surface area contributed by atoms with Crippen molar-refractivity contribution in [3.05, 3.63) is 132 Å². The first kappa shape index (κ1) is 25.5. The van der Waals surface area contributed by atoms with Gasteiger partial charge in [-0.25, -0.2) is 10.1 Å².